The van der Waals surface area contributed by atoms with Crippen LogP contribution in [0, 0.1) is 5.82 Å². The lowest BCUT2D eigenvalue weighted by Gasteiger charge is -2.04. The minimum absolute atomic E-state index is 0.148. The maximum absolute atomic E-state index is 13.9. The molecule has 8 nitrogen and oxygen atoms in total. The van der Waals surface area contributed by atoms with Gasteiger partial charge in [-0.15, -0.1) is 0 Å². The number of methoxy groups -OCH3 is 1. The third-order valence-electron chi connectivity index (χ3n) is 5.58. The van der Waals surface area contributed by atoms with Crippen molar-refractivity contribution in [3.8, 4) is 45.4 Å². The Bertz CT molecular complexity index is 1670. The molecule has 0 radical (unpaired) electrons. The first-order valence-corrected chi connectivity index (χ1v) is 10.4. The Hall–Kier alpha value is -4.79. The summed E-state index contributed by atoms with van der Waals surface area (Å²) in [5.41, 5.74) is 6.07. The number of hydrogen-bond donors (Lipinski definition) is 3. The molecule has 0 aliphatic carbocycles. The van der Waals surface area contributed by atoms with Crippen molar-refractivity contribution in [1.29, 1.82) is 0 Å². The van der Waals surface area contributed by atoms with Crippen LogP contribution in [0.2, 0.25) is 0 Å². The number of phenols is 1. The lowest BCUT2D eigenvalue weighted by molar-refractivity contribution is 0.413. The van der Waals surface area contributed by atoms with E-state index in [-0.39, 0.29) is 5.75 Å². The van der Waals surface area contributed by atoms with E-state index >= 15 is 0 Å². The van der Waals surface area contributed by atoms with Crippen molar-refractivity contribution in [3.63, 3.8) is 0 Å². The predicted molar refractivity (Wildman–Crippen MR) is 126 cm³/mol. The zero-order valence-corrected chi connectivity index (χ0v) is 17.9. The Morgan fingerprint density at radius 1 is 0.912 bits per heavy atom. The fourth-order valence-electron chi connectivity index (χ4n) is 4.00. The van der Waals surface area contributed by atoms with Crippen LogP contribution in [0.1, 0.15) is 0 Å². The number of para-hydroxylation sites is 1. The molecule has 6 rings (SSSR count). The number of aromatic amines is 2. The van der Waals surface area contributed by atoms with Gasteiger partial charge in [-0.3, -0.25) is 10.1 Å². The number of nitrogens with one attached hydrogen (secondary N) is 2. The van der Waals surface area contributed by atoms with Gasteiger partial charge in [-0.05, 0) is 42.0 Å². The van der Waals surface area contributed by atoms with Gasteiger partial charge in [0.2, 0.25) is 0 Å². The molecule has 0 aliphatic rings. The SMILES string of the molecule is COc1cncc(-c2ccc3[nH]nc(-c4nc5c(-c6cc(O)cc(F)c6)cccc5[nH]4)c3n2)c1. The molecule has 3 N–H and O–H groups in total. The monoisotopic (exact) mass is 452 g/mol. The van der Waals surface area contributed by atoms with Crippen LogP contribution in [0.15, 0.2) is 67.0 Å². The first-order valence-electron chi connectivity index (χ1n) is 10.4. The molecule has 166 valence electrons. The predicted octanol–water partition coefficient (Wildman–Crippen LogP) is 5.08. The lowest BCUT2D eigenvalue weighted by Crippen LogP contribution is -1.89. The summed E-state index contributed by atoms with van der Waals surface area (Å²) >= 11 is 0. The Kier molecular flexibility index (Phi) is 4.48. The Labute approximate surface area is 192 Å². The van der Waals surface area contributed by atoms with Crippen LogP contribution in [-0.2, 0) is 0 Å². The second-order valence-electron chi connectivity index (χ2n) is 7.76. The molecule has 0 fully saturated rings. The number of pyridine rings is 2. The maximum Gasteiger partial charge on any atom is 0.161 e. The molecule has 9 heteroatoms. The van der Waals surface area contributed by atoms with Crippen LogP contribution in [-0.4, -0.2) is 42.3 Å². The Morgan fingerprint density at radius 2 is 1.82 bits per heavy atom. The second-order valence-corrected chi connectivity index (χ2v) is 7.76. The largest absolute Gasteiger partial charge is 0.508 e. The van der Waals surface area contributed by atoms with Crippen molar-refractivity contribution in [2.75, 3.05) is 7.11 Å². The molecule has 0 spiro atoms. The van der Waals surface area contributed by atoms with Crippen LogP contribution >= 0.6 is 0 Å². The van der Waals surface area contributed by atoms with Gasteiger partial charge in [0.1, 0.15) is 22.8 Å². The van der Waals surface area contributed by atoms with Gasteiger partial charge in [-0.25, -0.2) is 14.4 Å². The summed E-state index contributed by atoms with van der Waals surface area (Å²) in [4.78, 5) is 17.0. The first-order chi connectivity index (χ1) is 16.6. The van der Waals surface area contributed by atoms with E-state index in [4.69, 9.17) is 14.7 Å². The van der Waals surface area contributed by atoms with E-state index in [9.17, 15) is 9.50 Å². The highest BCUT2D eigenvalue weighted by atomic mass is 19.1. The van der Waals surface area contributed by atoms with Crippen molar-refractivity contribution >= 4 is 22.1 Å². The van der Waals surface area contributed by atoms with Crippen LogP contribution < -0.4 is 4.74 Å². The fourth-order valence-corrected chi connectivity index (χ4v) is 4.00. The highest BCUT2D eigenvalue weighted by Gasteiger charge is 2.17. The summed E-state index contributed by atoms with van der Waals surface area (Å²) in [6, 6.07) is 15.1. The standard InChI is InChI=1S/C25H17FN6O2/c1-34-17-9-14(11-27-12-17)19-5-6-21-23(28-19)24(32-31-21)25-29-20-4-2-3-18(22(20)30-25)13-7-15(26)10-16(33)8-13/h2-12,33H,1H3,(H,29,30)(H,31,32). The van der Waals surface area contributed by atoms with Gasteiger partial charge >= 0.3 is 0 Å². The smallest absolute Gasteiger partial charge is 0.161 e. The molecule has 2 aromatic carbocycles. The molecule has 4 heterocycles. The molecule has 4 aromatic heterocycles. The van der Waals surface area contributed by atoms with Crippen molar-refractivity contribution in [2.24, 2.45) is 0 Å². The van der Waals surface area contributed by atoms with E-state index in [1.165, 1.54) is 12.1 Å². The number of aromatic hydroxyl groups is 1. The number of halogens is 1. The summed E-state index contributed by atoms with van der Waals surface area (Å²) in [6.45, 7) is 0. The summed E-state index contributed by atoms with van der Waals surface area (Å²) in [6.07, 6.45) is 3.36. The van der Waals surface area contributed by atoms with E-state index in [0.717, 1.165) is 22.7 Å². The highest BCUT2D eigenvalue weighted by molar-refractivity contribution is 5.96. The molecule has 0 unspecified atom stereocenters. The van der Waals surface area contributed by atoms with E-state index in [0.29, 0.717) is 45.1 Å². The molecule has 0 amide bonds. The van der Waals surface area contributed by atoms with Crippen molar-refractivity contribution in [1.82, 2.24) is 30.1 Å². The fraction of sp³-hybridized carbons (Fsp3) is 0.0400. The van der Waals surface area contributed by atoms with Gasteiger partial charge in [0.05, 0.1) is 35.6 Å². The van der Waals surface area contributed by atoms with E-state index in [1.54, 1.807) is 19.5 Å². The zero-order valence-electron chi connectivity index (χ0n) is 17.9. The maximum atomic E-state index is 13.9. The van der Waals surface area contributed by atoms with Crippen molar-refractivity contribution < 1.29 is 14.2 Å². The number of rotatable bonds is 4. The quantitative estimate of drug-likeness (QED) is 0.344. The second kappa shape index (κ2) is 7.66. The van der Waals surface area contributed by atoms with Gasteiger partial charge in [-0.1, -0.05) is 12.1 Å². The summed E-state index contributed by atoms with van der Waals surface area (Å²) in [5.74, 6) is 0.484. The van der Waals surface area contributed by atoms with Crippen LogP contribution in [0.4, 0.5) is 4.39 Å². The summed E-state index contributed by atoms with van der Waals surface area (Å²) in [7, 11) is 1.59. The summed E-state index contributed by atoms with van der Waals surface area (Å²) in [5, 5.41) is 17.3. The molecule has 0 saturated heterocycles. The molecule has 0 atom stereocenters. The number of nitrogens with zero attached hydrogens (tertiary/aromatic N) is 4. The minimum atomic E-state index is -0.523. The van der Waals surface area contributed by atoms with E-state index in [2.05, 4.69) is 20.2 Å². The number of hydrogen-bond acceptors (Lipinski definition) is 6. The molecule has 0 bridgehead atoms. The number of aromatic nitrogens is 6. The zero-order chi connectivity index (χ0) is 23.2. The van der Waals surface area contributed by atoms with Gasteiger partial charge in [-0.2, -0.15) is 5.10 Å². The molecule has 6 aromatic rings. The van der Waals surface area contributed by atoms with Crippen molar-refractivity contribution in [3.05, 3.63) is 72.8 Å². The Balaban J connectivity index is 1.49. The van der Waals surface area contributed by atoms with Crippen LogP contribution in [0.3, 0.4) is 0 Å². The minimum Gasteiger partial charge on any atom is -0.508 e. The van der Waals surface area contributed by atoms with E-state index < -0.39 is 5.82 Å². The molecule has 0 saturated carbocycles. The number of fused-ring (bicyclic) bond motifs is 2. The third kappa shape index (κ3) is 3.30. The van der Waals surface area contributed by atoms with Gasteiger partial charge < -0.3 is 14.8 Å². The number of ether oxygens (including phenoxy) is 1. The van der Waals surface area contributed by atoms with Gasteiger partial charge in [0.15, 0.2) is 11.5 Å². The molecule has 34 heavy (non-hydrogen) atoms. The number of H-pyrrole nitrogens is 2. The summed E-state index contributed by atoms with van der Waals surface area (Å²) < 4.78 is 19.2. The Morgan fingerprint density at radius 3 is 2.68 bits per heavy atom. The average molecular weight is 452 g/mol. The molecule has 0 aliphatic heterocycles. The number of imidazole rings is 1. The van der Waals surface area contributed by atoms with Crippen LogP contribution in [0.25, 0.3) is 56.0 Å². The average Bonchev–Trinajstić information content (AvgIpc) is 3.46. The van der Waals surface area contributed by atoms with Gasteiger partial charge in [0, 0.05) is 23.4 Å². The van der Waals surface area contributed by atoms with Gasteiger partial charge in [0.25, 0.3) is 0 Å². The molecular formula is C25H17FN6O2. The van der Waals surface area contributed by atoms with E-state index in [1.807, 2.05) is 36.4 Å². The highest BCUT2D eigenvalue weighted by Crippen LogP contribution is 2.33. The third-order valence-corrected chi connectivity index (χ3v) is 5.58. The normalized spacial score (nSPS) is 11.4. The lowest BCUT2D eigenvalue weighted by atomic mass is 10.0. The first kappa shape index (κ1) is 19.9. The number of phenolic OH excluding ortho intramolecular Hbond substituents is 1. The topological polar surface area (TPSA) is 113 Å². The van der Waals surface area contributed by atoms with Crippen molar-refractivity contribution in [2.45, 2.75) is 0 Å². The van der Waals surface area contributed by atoms with Crippen LogP contribution in [0.5, 0.6) is 11.5 Å². The number of benzene rings is 2. The molecular weight excluding hydrogens is 435 g/mol.